The van der Waals surface area contributed by atoms with Crippen LogP contribution in [0.1, 0.15) is 86.9 Å². The molecule has 4 aromatic carbocycles. The van der Waals surface area contributed by atoms with Gasteiger partial charge in [0.15, 0.2) is 0 Å². The van der Waals surface area contributed by atoms with Gasteiger partial charge in [0.2, 0.25) is 0 Å². The monoisotopic (exact) mass is 716 g/mol. The van der Waals surface area contributed by atoms with E-state index in [4.69, 9.17) is 11.6 Å². The minimum atomic E-state index is -2.81. The largest absolute Gasteiger partial charge is 1.00 e. The molecule has 2 aliphatic rings. The van der Waals surface area contributed by atoms with E-state index in [2.05, 4.69) is 139 Å². The number of fused-ring (bicyclic) bond motifs is 3. The van der Waals surface area contributed by atoms with Gasteiger partial charge in [0.05, 0.1) is 0 Å². The van der Waals surface area contributed by atoms with E-state index in [1.807, 2.05) is 6.07 Å². The van der Waals surface area contributed by atoms with E-state index < -0.39 is 21.3 Å². The molecule has 0 N–H and O–H groups in total. The van der Waals surface area contributed by atoms with Crippen LogP contribution >= 0.6 is 11.6 Å². The molecule has 44 heavy (non-hydrogen) atoms. The Morgan fingerprint density at radius 1 is 0.750 bits per heavy atom. The Morgan fingerprint density at radius 3 is 2.07 bits per heavy atom. The number of hydrogen-bond acceptors (Lipinski definition) is 0. The predicted octanol–water partition coefficient (Wildman–Crippen LogP) is 4.18. The summed E-state index contributed by atoms with van der Waals surface area (Å²) in [6.45, 7) is 16.3. The van der Waals surface area contributed by atoms with Crippen molar-refractivity contribution in [2.45, 2.75) is 72.1 Å². The van der Waals surface area contributed by atoms with Crippen LogP contribution in [0.15, 0.2) is 100 Å². The topological polar surface area (TPSA) is 0 Å². The van der Waals surface area contributed by atoms with E-state index >= 15 is 0 Å². The van der Waals surface area contributed by atoms with Crippen LogP contribution in [0.5, 0.6) is 0 Å². The third-order valence-electron chi connectivity index (χ3n) is 8.80. The summed E-state index contributed by atoms with van der Waals surface area (Å²) in [5.74, 6) is 0. The first kappa shape index (κ1) is 34.8. The molecule has 0 amide bonds. The predicted molar refractivity (Wildman–Crippen MR) is 179 cm³/mol. The fourth-order valence-corrected chi connectivity index (χ4v) is 15.7. The number of rotatable bonds is 4. The average Bonchev–Trinajstić information content (AvgIpc) is 3.59. The van der Waals surface area contributed by atoms with Gasteiger partial charge in [0.1, 0.15) is 0 Å². The van der Waals surface area contributed by atoms with Gasteiger partial charge in [-0.1, -0.05) is 0 Å². The Hall–Kier alpha value is -2.02. The molecule has 0 saturated heterocycles. The van der Waals surface area contributed by atoms with Crippen molar-refractivity contribution in [3.63, 3.8) is 0 Å². The van der Waals surface area contributed by atoms with Gasteiger partial charge in [0, 0.05) is 0 Å². The molecule has 0 fully saturated rings. The zero-order valence-corrected chi connectivity index (χ0v) is 31.5. The summed E-state index contributed by atoms with van der Waals surface area (Å²) < 4.78 is 4.83. The molecule has 4 aromatic rings. The fraction of sp³-hybridized carbons (Fsp3) is 0.275. The molecule has 0 bridgehead atoms. The zero-order chi connectivity index (χ0) is 29.8. The van der Waals surface area contributed by atoms with Crippen molar-refractivity contribution < 1.29 is 46.1 Å². The summed E-state index contributed by atoms with van der Waals surface area (Å²) in [5.41, 5.74) is 12.9. The molecule has 0 aliphatic heterocycles. The molecule has 0 unspecified atom stereocenters. The first-order valence-corrected chi connectivity index (χ1v) is 19.2. The molecule has 0 nitrogen and oxygen atoms in total. The summed E-state index contributed by atoms with van der Waals surface area (Å²) in [6.07, 6.45) is 9.13. The second kappa shape index (κ2) is 13.4. The quantitative estimate of drug-likeness (QED) is 0.262. The summed E-state index contributed by atoms with van der Waals surface area (Å²) in [4.78, 5) is 0. The molecule has 226 valence electrons. The van der Waals surface area contributed by atoms with Gasteiger partial charge in [0.25, 0.3) is 0 Å². The van der Waals surface area contributed by atoms with Crippen molar-refractivity contribution >= 4 is 18.1 Å². The normalized spacial score (nSPS) is 13.8. The minimum Gasteiger partial charge on any atom is -1.00 e. The second-order valence-corrected chi connectivity index (χ2v) is 20.3. The van der Waals surface area contributed by atoms with Crippen molar-refractivity contribution in [3.8, 4) is 11.1 Å². The van der Waals surface area contributed by atoms with Crippen LogP contribution in [0.2, 0.25) is 5.02 Å². The number of allylic oxidation sites excluding steroid dienone is 4. The van der Waals surface area contributed by atoms with Gasteiger partial charge in [-0.05, 0) is 0 Å². The molecular formula is C40H41Cl3Zr. The molecule has 0 atom stereocenters. The van der Waals surface area contributed by atoms with E-state index in [1.165, 1.54) is 47.7 Å². The standard InChI is InChI=1S/C21H25.C14H11Cl.C5H5.2ClH.Zr/c1-20(2,3)16-7-9-18-14(12-16)11-15-13-17(21(4,5)6)8-10-19(15)18;1-11-5-7-12(8-6-11)9-13-3-2-4-14(15)10-13;1-2-4-5-3-1;;;/h7-10,12H,11H2,1-6H3;2-8,10H,1H3;1-3H,4H2;2*1H;/q;;;;;+2/p-2. The molecule has 6 rings (SSSR count). The van der Waals surface area contributed by atoms with Crippen molar-refractivity contribution in [3.05, 3.63) is 144 Å². The van der Waals surface area contributed by atoms with E-state index in [0.29, 0.717) is 0 Å². The smallest absolute Gasteiger partial charge is 1.00 e. The van der Waals surface area contributed by atoms with Gasteiger partial charge in [-0.15, -0.1) is 0 Å². The van der Waals surface area contributed by atoms with Crippen molar-refractivity contribution in [1.82, 2.24) is 0 Å². The maximum atomic E-state index is 6.70. The average molecular weight is 719 g/mol. The van der Waals surface area contributed by atoms with E-state index in [9.17, 15) is 0 Å². The SMILES string of the molecule is Cc1ccc(/[C](c2cccc(Cl)c2)=[Zr+2](\[C]2=CC=CC2)[c]2c(C(C)(C)C)ccc3c2Cc2cc(C(C)(C)C)ccc2-3)cc1.[Cl-].[Cl-]. The Kier molecular flexibility index (Phi) is 10.6. The number of halogens is 3. The maximum Gasteiger partial charge on any atom is -1.00 e. The van der Waals surface area contributed by atoms with Crippen molar-refractivity contribution in [2.24, 2.45) is 0 Å². The molecule has 2 aliphatic carbocycles. The summed E-state index contributed by atoms with van der Waals surface area (Å²) >= 11 is 3.90. The number of aryl methyl sites for hydroxylation is 1. The third kappa shape index (κ3) is 6.73. The van der Waals surface area contributed by atoms with E-state index in [0.717, 1.165) is 17.9 Å². The summed E-state index contributed by atoms with van der Waals surface area (Å²) in [5, 5.41) is 0.801. The first-order chi connectivity index (χ1) is 19.9. The first-order valence-electron chi connectivity index (χ1n) is 15.2. The number of hydrogen-bond donors (Lipinski definition) is 0. The molecule has 0 heterocycles. The van der Waals surface area contributed by atoms with Crippen LogP contribution in [0, 0.1) is 6.92 Å². The Labute approximate surface area is 289 Å². The van der Waals surface area contributed by atoms with Gasteiger partial charge in [-0.2, -0.15) is 0 Å². The summed E-state index contributed by atoms with van der Waals surface area (Å²) in [6, 6.07) is 30.0. The third-order valence-corrected chi connectivity index (χ3v) is 16.8. The second-order valence-electron chi connectivity index (χ2n) is 14.0. The van der Waals surface area contributed by atoms with Crippen molar-refractivity contribution in [1.29, 1.82) is 0 Å². The zero-order valence-electron chi connectivity index (χ0n) is 26.8. The maximum absolute atomic E-state index is 6.70. The molecule has 4 heteroatoms. The van der Waals surface area contributed by atoms with E-state index in [-0.39, 0.29) is 35.6 Å². The Morgan fingerprint density at radius 2 is 1.45 bits per heavy atom. The van der Waals surface area contributed by atoms with Crippen LogP contribution < -0.4 is 28.1 Å². The van der Waals surface area contributed by atoms with Crippen LogP contribution in [0.25, 0.3) is 11.1 Å². The molecular weight excluding hydrogens is 678 g/mol. The fourth-order valence-electron chi connectivity index (χ4n) is 6.55. The molecule has 0 aromatic heterocycles. The van der Waals surface area contributed by atoms with E-state index in [1.54, 1.807) is 12.1 Å². The van der Waals surface area contributed by atoms with Crippen LogP contribution in [0.3, 0.4) is 0 Å². The number of benzene rings is 4. The Bertz CT molecular complexity index is 1790. The minimum absolute atomic E-state index is 0. The van der Waals surface area contributed by atoms with Gasteiger partial charge < -0.3 is 24.8 Å². The molecule has 0 saturated carbocycles. The summed E-state index contributed by atoms with van der Waals surface area (Å²) in [7, 11) is 0. The van der Waals surface area contributed by atoms with Crippen molar-refractivity contribution in [2.75, 3.05) is 0 Å². The Balaban J connectivity index is 0.00000221. The van der Waals surface area contributed by atoms with Crippen LogP contribution in [0.4, 0.5) is 0 Å². The van der Waals surface area contributed by atoms with Gasteiger partial charge >= 0.3 is 267 Å². The van der Waals surface area contributed by atoms with Crippen LogP contribution in [-0.4, -0.2) is 3.21 Å². The van der Waals surface area contributed by atoms with Gasteiger partial charge in [-0.25, -0.2) is 0 Å². The van der Waals surface area contributed by atoms with Crippen LogP contribution in [-0.2, 0) is 38.5 Å². The van der Waals surface area contributed by atoms with Gasteiger partial charge in [-0.3, -0.25) is 0 Å². The molecule has 0 radical (unpaired) electrons. The molecule has 0 spiro atoms.